The number of halogens is 1. The fourth-order valence-electron chi connectivity index (χ4n) is 2.67. The van der Waals surface area contributed by atoms with Crippen LogP contribution in [0.3, 0.4) is 0 Å². The molecule has 7 heteroatoms. The number of benzene rings is 3. The standard InChI is InChI=1S/C21H19ClN2O3S/c1-15-6-5-7-16(12-15)14-23-21(25)17-10-11-19(22)20(13-17)28(26,27)24-18-8-3-2-4-9-18/h2-13,24H,14H2,1H3,(H,23,25). The minimum Gasteiger partial charge on any atom is -0.348 e. The molecule has 0 aliphatic rings. The molecule has 0 bridgehead atoms. The molecular formula is C21H19ClN2O3S. The van der Waals surface area contributed by atoms with Gasteiger partial charge in [0.05, 0.1) is 5.02 Å². The van der Waals surface area contributed by atoms with Crippen LogP contribution in [0.5, 0.6) is 0 Å². The zero-order valence-corrected chi connectivity index (χ0v) is 16.7. The summed E-state index contributed by atoms with van der Waals surface area (Å²) < 4.78 is 27.8. The normalized spacial score (nSPS) is 11.1. The average Bonchev–Trinajstić information content (AvgIpc) is 2.67. The fraction of sp³-hybridized carbons (Fsp3) is 0.0952. The molecule has 0 saturated carbocycles. The van der Waals surface area contributed by atoms with Gasteiger partial charge in [0, 0.05) is 17.8 Å². The highest BCUT2D eigenvalue weighted by Crippen LogP contribution is 2.25. The van der Waals surface area contributed by atoms with Crippen molar-refractivity contribution in [3.8, 4) is 0 Å². The number of carbonyl (C=O) groups is 1. The van der Waals surface area contributed by atoms with Crippen LogP contribution < -0.4 is 10.0 Å². The maximum atomic E-state index is 12.7. The van der Waals surface area contributed by atoms with Gasteiger partial charge < -0.3 is 5.32 Å². The number of carbonyl (C=O) groups excluding carboxylic acids is 1. The van der Waals surface area contributed by atoms with Crippen molar-refractivity contribution in [3.63, 3.8) is 0 Å². The summed E-state index contributed by atoms with van der Waals surface area (Å²) >= 11 is 6.09. The molecule has 0 unspecified atom stereocenters. The molecule has 1 amide bonds. The minimum absolute atomic E-state index is 0.0404. The first kappa shape index (κ1) is 19.9. The number of sulfonamides is 1. The lowest BCUT2D eigenvalue weighted by Gasteiger charge is -2.11. The second kappa shape index (κ2) is 8.46. The van der Waals surface area contributed by atoms with Crippen molar-refractivity contribution in [3.05, 3.63) is 94.5 Å². The van der Waals surface area contributed by atoms with Crippen molar-refractivity contribution in [2.45, 2.75) is 18.4 Å². The largest absolute Gasteiger partial charge is 0.348 e. The molecule has 0 aliphatic carbocycles. The minimum atomic E-state index is -3.93. The molecule has 0 radical (unpaired) electrons. The van der Waals surface area contributed by atoms with Gasteiger partial charge >= 0.3 is 0 Å². The molecule has 3 aromatic carbocycles. The Labute approximate surface area is 169 Å². The van der Waals surface area contributed by atoms with E-state index < -0.39 is 10.0 Å². The Bertz CT molecular complexity index is 1100. The smallest absolute Gasteiger partial charge is 0.263 e. The second-order valence-electron chi connectivity index (χ2n) is 6.29. The third-order valence-electron chi connectivity index (χ3n) is 4.04. The number of rotatable bonds is 6. The van der Waals surface area contributed by atoms with Crippen LogP contribution in [-0.4, -0.2) is 14.3 Å². The second-order valence-corrected chi connectivity index (χ2v) is 8.35. The lowest BCUT2D eigenvalue weighted by molar-refractivity contribution is 0.0950. The number of aryl methyl sites for hydroxylation is 1. The van der Waals surface area contributed by atoms with Crippen LogP contribution >= 0.6 is 11.6 Å². The van der Waals surface area contributed by atoms with Gasteiger partial charge in [-0.3, -0.25) is 9.52 Å². The third-order valence-corrected chi connectivity index (χ3v) is 5.91. The number of hydrogen-bond donors (Lipinski definition) is 2. The molecular weight excluding hydrogens is 396 g/mol. The summed E-state index contributed by atoms with van der Waals surface area (Å²) in [4.78, 5) is 12.3. The predicted octanol–water partition coefficient (Wildman–Crippen LogP) is 4.38. The van der Waals surface area contributed by atoms with Crippen molar-refractivity contribution in [2.24, 2.45) is 0 Å². The van der Waals surface area contributed by atoms with E-state index in [1.807, 2.05) is 31.2 Å². The van der Waals surface area contributed by atoms with Crippen molar-refractivity contribution < 1.29 is 13.2 Å². The molecule has 2 N–H and O–H groups in total. The van der Waals surface area contributed by atoms with Crippen LogP contribution in [-0.2, 0) is 16.6 Å². The van der Waals surface area contributed by atoms with Gasteiger partial charge in [-0.15, -0.1) is 0 Å². The van der Waals surface area contributed by atoms with E-state index in [2.05, 4.69) is 10.0 Å². The molecule has 144 valence electrons. The number of amides is 1. The van der Waals surface area contributed by atoms with E-state index in [0.717, 1.165) is 11.1 Å². The van der Waals surface area contributed by atoms with Crippen LogP contribution in [0.15, 0.2) is 77.7 Å². The Kier molecular flexibility index (Phi) is 6.02. The van der Waals surface area contributed by atoms with Gasteiger partial charge in [-0.1, -0.05) is 59.6 Å². The summed E-state index contributed by atoms with van der Waals surface area (Å²) in [5.74, 6) is -0.380. The Morgan fingerprint density at radius 2 is 1.71 bits per heavy atom. The van der Waals surface area contributed by atoms with Crippen molar-refractivity contribution in [1.82, 2.24) is 5.32 Å². The van der Waals surface area contributed by atoms with Gasteiger partial charge in [0.1, 0.15) is 4.90 Å². The molecule has 0 atom stereocenters. The molecule has 28 heavy (non-hydrogen) atoms. The molecule has 0 saturated heterocycles. The summed E-state index contributed by atoms with van der Waals surface area (Å²) in [6.45, 7) is 2.31. The van der Waals surface area contributed by atoms with Gasteiger partial charge in [-0.05, 0) is 42.8 Å². The maximum Gasteiger partial charge on any atom is 0.263 e. The maximum absolute atomic E-state index is 12.7. The first-order valence-corrected chi connectivity index (χ1v) is 10.4. The molecule has 0 spiro atoms. The van der Waals surface area contributed by atoms with Crippen LogP contribution in [0.4, 0.5) is 5.69 Å². The summed E-state index contributed by atoms with van der Waals surface area (Å²) in [5.41, 5.74) is 2.68. The number of hydrogen-bond acceptors (Lipinski definition) is 3. The molecule has 0 fully saturated rings. The number of anilines is 1. The van der Waals surface area contributed by atoms with E-state index in [4.69, 9.17) is 11.6 Å². The van der Waals surface area contributed by atoms with Crippen LogP contribution in [0.25, 0.3) is 0 Å². The first-order chi connectivity index (χ1) is 13.3. The van der Waals surface area contributed by atoms with Crippen molar-refractivity contribution >= 4 is 33.2 Å². The lowest BCUT2D eigenvalue weighted by atomic mass is 10.1. The molecule has 3 aromatic rings. The Balaban J connectivity index is 1.79. The summed E-state index contributed by atoms with van der Waals surface area (Å²) in [5, 5.41) is 2.83. The van der Waals surface area contributed by atoms with E-state index in [-0.39, 0.29) is 21.4 Å². The number of nitrogens with one attached hydrogen (secondary N) is 2. The summed E-state index contributed by atoms with van der Waals surface area (Å²) in [7, 11) is -3.93. The van der Waals surface area contributed by atoms with Crippen LogP contribution in [0.2, 0.25) is 5.02 Å². The lowest BCUT2D eigenvalue weighted by Crippen LogP contribution is -2.23. The van der Waals surface area contributed by atoms with Crippen LogP contribution in [0.1, 0.15) is 21.5 Å². The fourth-order valence-corrected chi connectivity index (χ4v) is 4.26. The molecule has 0 heterocycles. The first-order valence-electron chi connectivity index (χ1n) is 8.56. The van der Waals surface area contributed by atoms with Gasteiger partial charge in [0.25, 0.3) is 15.9 Å². The van der Waals surface area contributed by atoms with Gasteiger partial charge in [-0.25, -0.2) is 8.42 Å². The van der Waals surface area contributed by atoms with E-state index in [1.165, 1.54) is 18.2 Å². The third kappa shape index (κ3) is 4.91. The Morgan fingerprint density at radius 3 is 2.43 bits per heavy atom. The van der Waals surface area contributed by atoms with Crippen molar-refractivity contribution in [2.75, 3.05) is 4.72 Å². The highest BCUT2D eigenvalue weighted by Gasteiger charge is 2.20. The summed E-state index contributed by atoms with van der Waals surface area (Å²) in [6, 6.07) is 20.4. The highest BCUT2D eigenvalue weighted by atomic mass is 35.5. The molecule has 0 aliphatic heterocycles. The predicted molar refractivity (Wildman–Crippen MR) is 111 cm³/mol. The van der Waals surface area contributed by atoms with E-state index in [1.54, 1.807) is 30.3 Å². The Morgan fingerprint density at radius 1 is 0.964 bits per heavy atom. The monoisotopic (exact) mass is 414 g/mol. The zero-order chi connectivity index (χ0) is 20.1. The topological polar surface area (TPSA) is 75.3 Å². The average molecular weight is 415 g/mol. The molecule has 0 aromatic heterocycles. The summed E-state index contributed by atoms with van der Waals surface area (Å²) in [6.07, 6.45) is 0. The molecule has 5 nitrogen and oxygen atoms in total. The van der Waals surface area contributed by atoms with Gasteiger partial charge in [-0.2, -0.15) is 0 Å². The van der Waals surface area contributed by atoms with Crippen LogP contribution in [0, 0.1) is 6.92 Å². The van der Waals surface area contributed by atoms with Crippen molar-refractivity contribution in [1.29, 1.82) is 0 Å². The zero-order valence-electron chi connectivity index (χ0n) is 15.1. The van der Waals surface area contributed by atoms with E-state index in [0.29, 0.717) is 12.2 Å². The quantitative estimate of drug-likeness (QED) is 0.628. The Hall–Kier alpha value is -2.83. The highest BCUT2D eigenvalue weighted by molar-refractivity contribution is 7.92. The SMILES string of the molecule is Cc1cccc(CNC(=O)c2ccc(Cl)c(S(=O)(=O)Nc3ccccc3)c2)c1. The van der Waals surface area contributed by atoms with Gasteiger partial charge in [0.2, 0.25) is 0 Å². The number of para-hydroxylation sites is 1. The molecule has 3 rings (SSSR count). The van der Waals surface area contributed by atoms with E-state index in [9.17, 15) is 13.2 Å². The van der Waals surface area contributed by atoms with E-state index >= 15 is 0 Å². The van der Waals surface area contributed by atoms with Gasteiger partial charge in [0.15, 0.2) is 0 Å².